The van der Waals surface area contributed by atoms with Gasteiger partial charge in [0.05, 0.1) is 0 Å². The lowest BCUT2D eigenvalue weighted by atomic mass is 10.2. The Kier molecular flexibility index (Phi) is 3.88. The molecular weight excluding hydrogens is 194 g/mol. The molecular formula is C11H17NO3. The van der Waals surface area contributed by atoms with Gasteiger partial charge in [-0.05, 0) is 18.8 Å². The second-order valence-corrected chi connectivity index (χ2v) is 4.29. The van der Waals surface area contributed by atoms with Crippen LogP contribution >= 0.6 is 0 Å². The maximum Gasteiger partial charge on any atom is 0.328 e. The van der Waals surface area contributed by atoms with Crippen LogP contribution in [0.15, 0.2) is 12.2 Å². The van der Waals surface area contributed by atoms with Crippen molar-refractivity contribution in [1.82, 2.24) is 4.90 Å². The number of carbonyl (C=O) groups excluding carboxylic acids is 1. The summed E-state index contributed by atoms with van der Waals surface area (Å²) < 4.78 is 0. The minimum Gasteiger partial charge on any atom is -0.478 e. The third-order valence-corrected chi connectivity index (χ3v) is 2.20. The van der Waals surface area contributed by atoms with E-state index < -0.39 is 5.97 Å². The lowest BCUT2D eigenvalue weighted by molar-refractivity contribution is -0.132. The number of rotatable bonds is 5. The number of carboxylic acids is 1. The Labute approximate surface area is 89.6 Å². The van der Waals surface area contributed by atoms with Gasteiger partial charge in [0.25, 0.3) is 0 Å². The molecule has 0 saturated heterocycles. The zero-order valence-corrected chi connectivity index (χ0v) is 9.14. The molecule has 4 nitrogen and oxygen atoms in total. The Morgan fingerprint density at radius 1 is 1.40 bits per heavy atom. The van der Waals surface area contributed by atoms with Crippen molar-refractivity contribution >= 4 is 11.9 Å². The zero-order valence-electron chi connectivity index (χ0n) is 9.14. The summed E-state index contributed by atoms with van der Waals surface area (Å²) in [5, 5.41) is 8.42. The molecule has 0 aromatic carbocycles. The van der Waals surface area contributed by atoms with Gasteiger partial charge in [0.15, 0.2) is 0 Å². The van der Waals surface area contributed by atoms with Crippen LogP contribution in [-0.4, -0.2) is 34.5 Å². The molecule has 0 heterocycles. The summed E-state index contributed by atoms with van der Waals surface area (Å²) in [6.45, 7) is 4.79. The Bertz CT molecular complexity index is 280. The number of carboxylic acid groups (broad SMARTS) is 1. The van der Waals surface area contributed by atoms with Gasteiger partial charge in [-0.25, -0.2) is 4.79 Å². The van der Waals surface area contributed by atoms with Crippen molar-refractivity contribution in [1.29, 1.82) is 0 Å². The predicted molar refractivity (Wildman–Crippen MR) is 56.3 cm³/mol. The van der Waals surface area contributed by atoms with Crippen molar-refractivity contribution < 1.29 is 14.7 Å². The number of amides is 1. The lowest BCUT2D eigenvalue weighted by Crippen LogP contribution is -2.34. The highest BCUT2D eigenvalue weighted by atomic mass is 16.4. The smallest absolute Gasteiger partial charge is 0.328 e. The first-order chi connectivity index (χ1) is 7.00. The van der Waals surface area contributed by atoms with Crippen molar-refractivity contribution in [3.05, 3.63) is 12.2 Å². The maximum absolute atomic E-state index is 11.6. The van der Waals surface area contributed by atoms with Gasteiger partial charge in [-0.3, -0.25) is 4.79 Å². The molecule has 1 amide bonds. The molecule has 0 aromatic rings. The van der Waals surface area contributed by atoms with Gasteiger partial charge in [0.2, 0.25) is 5.91 Å². The highest BCUT2D eigenvalue weighted by Gasteiger charge is 2.31. The number of nitrogens with zero attached hydrogens (tertiary/aromatic N) is 1. The molecule has 0 bridgehead atoms. The van der Waals surface area contributed by atoms with Crippen molar-refractivity contribution in [2.45, 2.75) is 32.7 Å². The van der Waals surface area contributed by atoms with Crippen LogP contribution in [0.3, 0.4) is 0 Å². The fourth-order valence-electron chi connectivity index (χ4n) is 1.44. The van der Waals surface area contributed by atoms with Gasteiger partial charge >= 0.3 is 5.97 Å². The Morgan fingerprint density at radius 3 is 2.40 bits per heavy atom. The Balaban J connectivity index is 2.55. The third kappa shape index (κ3) is 4.14. The average Bonchev–Trinajstić information content (AvgIpc) is 2.93. The molecule has 0 aliphatic heterocycles. The summed E-state index contributed by atoms with van der Waals surface area (Å²) in [6, 6.07) is 0.332. The molecule has 0 unspecified atom stereocenters. The quantitative estimate of drug-likeness (QED) is 0.697. The molecule has 0 radical (unpaired) electrons. The van der Waals surface area contributed by atoms with Crippen molar-refractivity contribution in [2.75, 3.05) is 6.54 Å². The van der Waals surface area contributed by atoms with Crippen LogP contribution in [0.25, 0.3) is 0 Å². The van der Waals surface area contributed by atoms with Crippen LogP contribution in [-0.2, 0) is 9.59 Å². The molecule has 84 valence electrons. The van der Waals surface area contributed by atoms with E-state index in [9.17, 15) is 9.59 Å². The standard InChI is InChI=1S/C11H17NO3/c1-8(2)7-12(9-3-4-9)10(13)5-6-11(14)15/h5-6,8-9H,3-4,7H2,1-2H3,(H,14,15)/b6-5+. The number of hydrogen-bond acceptors (Lipinski definition) is 2. The van der Waals surface area contributed by atoms with E-state index in [1.165, 1.54) is 0 Å². The van der Waals surface area contributed by atoms with E-state index in [1.54, 1.807) is 4.90 Å². The molecule has 1 aliphatic rings. The van der Waals surface area contributed by atoms with Crippen LogP contribution < -0.4 is 0 Å². The lowest BCUT2D eigenvalue weighted by Gasteiger charge is -2.22. The second-order valence-electron chi connectivity index (χ2n) is 4.29. The molecule has 1 saturated carbocycles. The summed E-state index contributed by atoms with van der Waals surface area (Å²) in [4.78, 5) is 23.7. The van der Waals surface area contributed by atoms with E-state index in [-0.39, 0.29) is 5.91 Å². The minimum absolute atomic E-state index is 0.186. The molecule has 1 fully saturated rings. The molecule has 0 aromatic heterocycles. The Hall–Kier alpha value is -1.32. The summed E-state index contributed by atoms with van der Waals surface area (Å²) in [6.07, 6.45) is 4.12. The highest BCUT2D eigenvalue weighted by Crippen LogP contribution is 2.27. The fraction of sp³-hybridized carbons (Fsp3) is 0.636. The first-order valence-electron chi connectivity index (χ1n) is 5.22. The van der Waals surface area contributed by atoms with Crippen molar-refractivity contribution in [3.8, 4) is 0 Å². The molecule has 15 heavy (non-hydrogen) atoms. The van der Waals surface area contributed by atoms with Crippen molar-refractivity contribution in [3.63, 3.8) is 0 Å². The normalized spacial score (nSPS) is 15.9. The summed E-state index contributed by atoms with van der Waals surface area (Å²) in [7, 11) is 0. The average molecular weight is 211 g/mol. The van der Waals surface area contributed by atoms with E-state index in [1.807, 2.05) is 13.8 Å². The third-order valence-electron chi connectivity index (χ3n) is 2.20. The number of aliphatic carboxylic acids is 1. The van der Waals surface area contributed by atoms with Gasteiger partial charge in [-0.2, -0.15) is 0 Å². The van der Waals surface area contributed by atoms with E-state index in [0.29, 0.717) is 18.5 Å². The first-order valence-corrected chi connectivity index (χ1v) is 5.22. The minimum atomic E-state index is -1.08. The van der Waals surface area contributed by atoms with Gasteiger partial charge in [0, 0.05) is 24.7 Å². The summed E-state index contributed by atoms with van der Waals surface area (Å²) in [5.41, 5.74) is 0. The van der Waals surface area contributed by atoms with E-state index >= 15 is 0 Å². The zero-order chi connectivity index (χ0) is 11.4. The van der Waals surface area contributed by atoms with Gasteiger partial charge in [-0.15, -0.1) is 0 Å². The number of hydrogen-bond donors (Lipinski definition) is 1. The Morgan fingerprint density at radius 2 is 2.00 bits per heavy atom. The van der Waals surface area contributed by atoms with Crippen LogP contribution in [0, 0.1) is 5.92 Å². The molecule has 0 spiro atoms. The van der Waals surface area contributed by atoms with Gasteiger partial charge < -0.3 is 10.0 Å². The van der Waals surface area contributed by atoms with Crippen molar-refractivity contribution in [2.24, 2.45) is 5.92 Å². The number of carbonyl (C=O) groups is 2. The predicted octanol–water partition coefficient (Wildman–Crippen LogP) is 1.27. The largest absolute Gasteiger partial charge is 0.478 e. The van der Waals surface area contributed by atoms with Gasteiger partial charge in [-0.1, -0.05) is 13.8 Å². The highest BCUT2D eigenvalue weighted by molar-refractivity contribution is 5.94. The molecule has 1 aliphatic carbocycles. The van der Waals surface area contributed by atoms with Gasteiger partial charge in [0.1, 0.15) is 0 Å². The van der Waals surface area contributed by atoms with Crippen LogP contribution in [0.1, 0.15) is 26.7 Å². The fourth-order valence-corrected chi connectivity index (χ4v) is 1.44. The SMILES string of the molecule is CC(C)CN(C(=O)/C=C/C(=O)O)C1CC1. The van der Waals surface area contributed by atoms with Crippen LogP contribution in [0.4, 0.5) is 0 Å². The molecule has 0 atom stereocenters. The van der Waals surface area contributed by atoms with Crippen LogP contribution in [0.2, 0.25) is 0 Å². The van der Waals surface area contributed by atoms with E-state index in [2.05, 4.69) is 0 Å². The van der Waals surface area contributed by atoms with Crippen LogP contribution in [0.5, 0.6) is 0 Å². The molecule has 1 rings (SSSR count). The monoisotopic (exact) mass is 211 g/mol. The van der Waals surface area contributed by atoms with E-state index in [0.717, 1.165) is 25.0 Å². The van der Waals surface area contributed by atoms with E-state index in [4.69, 9.17) is 5.11 Å². The summed E-state index contributed by atoms with van der Waals surface area (Å²) in [5.74, 6) is -0.856. The molecule has 4 heteroatoms. The first kappa shape index (κ1) is 11.8. The molecule has 1 N–H and O–H groups in total. The topological polar surface area (TPSA) is 57.6 Å². The summed E-state index contributed by atoms with van der Waals surface area (Å²) >= 11 is 0. The second kappa shape index (κ2) is 4.96. The maximum atomic E-state index is 11.6.